The number of hydrogen-bond acceptors (Lipinski definition) is 7. The largest absolute Gasteiger partial charge is 0.441 e. The third-order valence-electron chi connectivity index (χ3n) is 4.60. The first kappa shape index (κ1) is 19.4. The monoisotopic (exact) mass is 451 g/mol. The van der Waals surface area contributed by atoms with E-state index in [1.165, 1.54) is 11.9 Å². The van der Waals surface area contributed by atoms with Crippen molar-refractivity contribution >= 4 is 51.5 Å². The molecule has 5 rings (SSSR count). The maximum absolute atomic E-state index is 11.5. The molecule has 0 unspecified atom stereocenters. The molecule has 0 saturated carbocycles. The number of aromatic nitrogens is 4. The summed E-state index contributed by atoms with van der Waals surface area (Å²) < 4.78 is 8.79. The molecule has 5 aromatic rings. The Hall–Kier alpha value is -3.56. The molecular formula is C21H14ClN5O3S. The lowest BCUT2D eigenvalue weighted by atomic mass is 10.0. The van der Waals surface area contributed by atoms with Crippen LogP contribution in [0.25, 0.3) is 33.4 Å². The van der Waals surface area contributed by atoms with Crippen LogP contribution in [0.15, 0.2) is 67.6 Å². The Labute approximate surface area is 183 Å². The normalized spacial score (nSPS) is 11.3. The van der Waals surface area contributed by atoms with E-state index >= 15 is 0 Å². The second-order valence-electron chi connectivity index (χ2n) is 6.77. The molecule has 3 aromatic heterocycles. The van der Waals surface area contributed by atoms with Gasteiger partial charge in [0.2, 0.25) is 0 Å². The van der Waals surface area contributed by atoms with Gasteiger partial charge < -0.3 is 19.1 Å². The first-order valence-electron chi connectivity index (χ1n) is 9.19. The summed E-state index contributed by atoms with van der Waals surface area (Å²) in [4.78, 5) is 36.5. The molecule has 0 atom stereocenters. The first-order valence-corrected chi connectivity index (χ1v) is 10.4. The van der Waals surface area contributed by atoms with Crippen molar-refractivity contribution in [3.05, 3.63) is 80.2 Å². The van der Waals surface area contributed by atoms with Gasteiger partial charge in [-0.2, -0.15) is 0 Å². The van der Waals surface area contributed by atoms with Gasteiger partial charge in [0, 0.05) is 30.1 Å². The number of aryl methyl sites for hydroxylation is 1. The van der Waals surface area contributed by atoms with Crippen molar-refractivity contribution in [2.75, 3.05) is 4.72 Å². The average molecular weight is 452 g/mol. The summed E-state index contributed by atoms with van der Waals surface area (Å²) >= 11 is 7.78. The Morgan fingerprint density at radius 2 is 1.84 bits per heavy atom. The van der Waals surface area contributed by atoms with Crippen LogP contribution in [0.2, 0.25) is 5.02 Å². The van der Waals surface area contributed by atoms with Crippen LogP contribution in [0.1, 0.15) is 5.89 Å². The molecule has 10 heteroatoms. The van der Waals surface area contributed by atoms with E-state index in [-0.39, 0.29) is 0 Å². The van der Waals surface area contributed by atoms with Gasteiger partial charge in [-0.1, -0.05) is 23.7 Å². The van der Waals surface area contributed by atoms with E-state index in [2.05, 4.69) is 24.7 Å². The lowest BCUT2D eigenvalue weighted by molar-refractivity contribution is 0.561. The molecule has 8 nitrogen and oxygen atoms in total. The Bertz CT molecular complexity index is 1570. The van der Waals surface area contributed by atoms with E-state index in [4.69, 9.17) is 16.0 Å². The van der Waals surface area contributed by atoms with Gasteiger partial charge in [-0.15, -0.1) is 0 Å². The molecule has 0 aliphatic rings. The molecule has 0 spiro atoms. The van der Waals surface area contributed by atoms with Crippen molar-refractivity contribution in [3.8, 4) is 11.1 Å². The number of nitrogens with zero attached hydrogens (tertiary/aromatic N) is 2. The number of nitrogens with one attached hydrogen (secondary N) is 3. The Kier molecular flexibility index (Phi) is 4.76. The van der Waals surface area contributed by atoms with Gasteiger partial charge >= 0.3 is 11.1 Å². The third kappa shape index (κ3) is 3.80. The van der Waals surface area contributed by atoms with Crippen LogP contribution >= 0.6 is 23.5 Å². The summed E-state index contributed by atoms with van der Waals surface area (Å²) in [7, 11) is 0. The molecule has 3 heterocycles. The number of benzene rings is 2. The van der Waals surface area contributed by atoms with Gasteiger partial charge in [-0.05, 0) is 42.0 Å². The molecule has 0 fully saturated rings. The summed E-state index contributed by atoms with van der Waals surface area (Å²) in [5, 5.41) is 1.19. The van der Waals surface area contributed by atoms with Gasteiger partial charge in [0.15, 0.2) is 17.1 Å². The zero-order valence-corrected chi connectivity index (χ0v) is 17.6. The fraction of sp³-hybridized carbons (Fsp3) is 0.0476. The second-order valence-corrected chi connectivity index (χ2v) is 8.00. The minimum atomic E-state index is -0.740. The van der Waals surface area contributed by atoms with Crippen molar-refractivity contribution in [2.45, 2.75) is 11.9 Å². The Balaban J connectivity index is 1.37. The molecule has 2 aromatic carbocycles. The van der Waals surface area contributed by atoms with E-state index in [1.807, 2.05) is 43.3 Å². The molecule has 0 amide bonds. The SMILES string of the molecule is Cc1nc2ccc(-c3ccc(NSc4ccc5[nH]c(=O)c(=O)[nH]c5n4)cc3Cl)cc2o1. The maximum atomic E-state index is 11.5. The number of aromatic amines is 2. The second kappa shape index (κ2) is 7.60. The topological polar surface area (TPSA) is 117 Å². The number of halogens is 1. The number of pyridine rings is 1. The molecule has 0 aliphatic heterocycles. The first-order chi connectivity index (χ1) is 15.0. The van der Waals surface area contributed by atoms with Crippen LogP contribution in [0.5, 0.6) is 0 Å². The van der Waals surface area contributed by atoms with Gasteiger partial charge in [0.25, 0.3) is 0 Å². The predicted octanol–water partition coefficient (Wildman–Crippen LogP) is 4.50. The summed E-state index contributed by atoms with van der Waals surface area (Å²) in [6.45, 7) is 1.81. The number of hydrogen-bond donors (Lipinski definition) is 3. The van der Waals surface area contributed by atoms with E-state index in [0.29, 0.717) is 32.7 Å². The highest BCUT2D eigenvalue weighted by atomic mass is 35.5. The molecule has 154 valence electrons. The lowest BCUT2D eigenvalue weighted by Crippen LogP contribution is -2.29. The highest BCUT2D eigenvalue weighted by Gasteiger charge is 2.09. The molecule has 3 N–H and O–H groups in total. The van der Waals surface area contributed by atoms with Crippen LogP contribution in [-0.2, 0) is 0 Å². The Morgan fingerprint density at radius 1 is 1.00 bits per heavy atom. The number of rotatable bonds is 4. The van der Waals surface area contributed by atoms with E-state index in [0.717, 1.165) is 22.3 Å². The number of oxazole rings is 1. The van der Waals surface area contributed by atoms with Gasteiger partial charge in [0.05, 0.1) is 10.5 Å². The summed E-state index contributed by atoms with van der Waals surface area (Å²) in [6.07, 6.45) is 0. The smallest absolute Gasteiger partial charge is 0.315 e. The molecule has 0 aliphatic carbocycles. The molecule has 0 saturated heterocycles. The summed E-state index contributed by atoms with van der Waals surface area (Å²) in [6, 6.07) is 14.8. The summed E-state index contributed by atoms with van der Waals surface area (Å²) in [5.74, 6) is 0.618. The average Bonchev–Trinajstić information content (AvgIpc) is 3.12. The van der Waals surface area contributed by atoms with E-state index < -0.39 is 11.1 Å². The number of anilines is 1. The maximum Gasteiger partial charge on any atom is 0.315 e. The van der Waals surface area contributed by atoms with Crippen molar-refractivity contribution in [2.24, 2.45) is 0 Å². The number of fused-ring (bicyclic) bond motifs is 2. The van der Waals surface area contributed by atoms with Gasteiger partial charge in [-0.3, -0.25) is 9.59 Å². The van der Waals surface area contributed by atoms with Crippen molar-refractivity contribution in [1.29, 1.82) is 0 Å². The van der Waals surface area contributed by atoms with Crippen LogP contribution in [0, 0.1) is 6.92 Å². The highest BCUT2D eigenvalue weighted by molar-refractivity contribution is 8.00. The fourth-order valence-electron chi connectivity index (χ4n) is 3.17. The van der Waals surface area contributed by atoms with Crippen LogP contribution in [0.4, 0.5) is 5.69 Å². The van der Waals surface area contributed by atoms with Gasteiger partial charge in [-0.25, -0.2) is 9.97 Å². The highest BCUT2D eigenvalue weighted by Crippen LogP contribution is 2.33. The van der Waals surface area contributed by atoms with Crippen LogP contribution < -0.4 is 15.8 Å². The summed E-state index contributed by atoms with van der Waals surface area (Å²) in [5.41, 5.74) is 3.43. The van der Waals surface area contributed by atoms with Crippen LogP contribution in [0.3, 0.4) is 0 Å². The quantitative estimate of drug-likeness (QED) is 0.272. The minimum absolute atomic E-state index is 0.308. The standard InChI is InChI=1S/C21H14ClN5O3S/c1-10-23-15-5-2-11(8-17(15)30-10)13-4-3-12(9-14(13)22)27-31-18-7-6-16-19(25-18)26-21(29)20(28)24-16/h2-9,27H,1H3,(H,24,28)(H,25,26,29). The van der Waals surface area contributed by atoms with E-state index in [9.17, 15) is 9.59 Å². The van der Waals surface area contributed by atoms with Crippen molar-refractivity contribution < 1.29 is 4.42 Å². The Morgan fingerprint density at radius 3 is 2.68 bits per heavy atom. The van der Waals surface area contributed by atoms with Crippen molar-refractivity contribution in [3.63, 3.8) is 0 Å². The molecule has 0 radical (unpaired) electrons. The fourth-order valence-corrected chi connectivity index (χ4v) is 4.08. The molecule has 0 bridgehead atoms. The zero-order valence-electron chi connectivity index (χ0n) is 16.0. The van der Waals surface area contributed by atoms with Gasteiger partial charge in [0.1, 0.15) is 10.5 Å². The third-order valence-corrected chi connectivity index (χ3v) is 5.69. The predicted molar refractivity (Wildman–Crippen MR) is 122 cm³/mol. The molecular weight excluding hydrogens is 438 g/mol. The van der Waals surface area contributed by atoms with Crippen molar-refractivity contribution in [1.82, 2.24) is 19.9 Å². The van der Waals surface area contributed by atoms with E-state index in [1.54, 1.807) is 12.1 Å². The van der Waals surface area contributed by atoms with Crippen LogP contribution in [-0.4, -0.2) is 19.9 Å². The molecule has 31 heavy (non-hydrogen) atoms. The zero-order chi connectivity index (χ0) is 21.5. The number of H-pyrrole nitrogens is 2. The minimum Gasteiger partial charge on any atom is -0.441 e. The lowest BCUT2D eigenvalue weighted by Gasteiger charge is -2.09.